The Morgan fingerprint density at radius 2 is 1.82 bits per heavy atom. The highest BCUT2D eigenvalue weighted by Crippen LogP contribution is 2.12. The molecule has 1 aromatic carbocycles. The Labute approximate surface area is 97.8 Å². The van der Waals surface area contributed by atoms with Crippen molar-refractivity contribution in [3.63, 3.8) is 0 Å². The maximum Gasteiger partial charge on any atom is 0.401 e. The lowest BCUT2D eigenvalue weighted by Gasteiger charge is -2.07. The average molecular weight is 245 g/mol. The standard InChI is InChI=1S/C12H14F3NO/c1-2-9-3-5-10(6-4-9)11(17)7-16-8-12(13,14)15/h3-6,16H,2,7-8H2,1H3. The first kappa shape index (κ1) is 13.7. The van der Waals surface area contributed by atoms with Gasteiger partial charge in [0.1, 0.15) is 0 Å². The number of ketones is 1. The molecule has 5 heteroatoms. The number of Topliss-reactive ketones (excluding diaryl/α,β-unsaturated/α-hetero) is 1. The molecule has 0 spiro atoms. The van der Waals surface area contributed by atoms with Gasteiger partial charge in [-0.05, 0) is 12.0 Å². The molecule has 1 aromatic rings. The summed E-state index contributed by atoms with van der Waals surface area (Å²) in [7, 11) is 0. The van der Waals surface area contributed by atoms with Crippen LogP contribution in [0.3, 0.4) is 0 Å². The lowest BCUT2D eigenvalue weighted by atomic mass is 10.1. The van der Waals surface area contributed by atoms with E-state index in [1.54, 1.807) is 24.3 Å². The molecule has 0 atom stereocenters. The predicted octanol–water partition coefficient (Wildman–Crippen LogP) is 2.58. The minimum Gasteiger partial charge on any atom is -0.302 e. The lowest BCUT2D eigenvalue weighted by Crippen LogP contribution is -2.32. The number of carbonyl (C=O) groups is 1. The normalized spacial score (nSPS) is 11.5. The van der Waals surface area contributed by atoms with Crippen LogP contribution in [-0.2, 0) is 6.42 Å². The Bertz CT molecular complexity index is 370. The second-order valence-electron chi connectivity index (χ2n) is 3.69. The molecular formula is C12H14F3NO. The van der Waals surface area contributed by atoms with Crippen molar-refractivity contribution in [2.45, 2.75) is 19.5 Å². The van der Waals surface area contributed by atoms with Gasteiger partial charge in [-0.15, -0.1) is 0 Å². The average Bonchev–Trinajstić information content (AvgIpc) is 2.27. The number of benzene rings is 1. The van der Waals surface area contributed by atoms with Gasteiger partial charge in [0.25, 0.3) is 0 Å². The van der Waals surface area contributed by atoms with E-state index >= 15 is 0 Å². The minimum absolute atomic E-state index is 0.301. The van der Waals surface area contributed by atoms with Gasteiger partial charge in [0, 0.05) is 5.56 Å². The lowest BCUT2D eigenvalue weighted by molar-refractivity contribution is -0.124. The van der Waals surface area contributed by atoms with Crippen molar-refractivity contribution in [1.82, 2.24) is 5.32 Å². The number of hydrogen-bond acceptors (Lipinski definition) is 2. The fourth-order valence-electron chi connectivity index (χ4n) is 1.35. The summed E-state index contributed by atoms with van der Waals surface area (Å²) in [4.78, 5) is 11.5. The first-order valence-electron chi connectivity index (χ1n) is 5.32. The van der Waals surface area contributed by atoms with Gasteiger partial charge in [-0.1, -0.05) is 31.2 Å². The maximum atomic E-state index is 11.8. The molecule has 1 N–H and O–H groups in total. The van der Waals surface area contributed by atoms with E-state index < -0.39 is 12.7 Å². The number of nitrogens with one attached hydrogen (secondary N) is 1. The van der Waals surface area contributed by atoms with Gasteiger partial charge in [0.05, 0.1) is 13.1 Å². The molecule has 0 aliphatic rings. The second-order valence-corrected chi connectivity index (χ2v) is 3.69. The number of aryl methyl sites for hydroxylation is 1. The zero-order chi connectivity index (χ0) is 12.9. The highest BCUT2D eigenvalue weighted by molar-refractivity contribution is 5.97. The Kier molecular flexibility index (Phi) is 4.69. The molecule has 0 amide bonds. The summed E-state index contributed by atoms with van der Waals surface area (Å²) in [5.74, 6) is -0.336. The van der Waals surface area contributed by atoms with E-state index in [-0.39, 0.29) is 12.3 Å². The highest BCUT2D eigenvalue weighted by atomic mass is 19.4. The van der Waals surface area contributed by atoms with Gasteiger partial charge in [-0.2, -0.15) is 13.2 Å². The molecule has 1 rings (SSSR count). The van der Waals surface area contributed by atoms with Crippen LogP contribution in [0.1, 0.15) is 22.8 Å². The van der Waals surface area contributed by atoms with Gasteiger partial charge in [-0.3, -0.25) is 4.79 Å². The predicted molar refractivity (Wildman–Crippen MR) is 59.1 cm³/mol. The Hall–Kier alpha value is -1.36. The van der Waals surface area contributed by atoms with Crippen LogP contribution in [-0.4, -0.2) is 25.0 Å². The van der Waals surface area contributed by atoms with Crippen LogP contribution in [0, 0.1) is 0 Å². The molecule has 0 radical (unpaired) electrons. The molecule has 0 saturated carbocycles. The van der Waals surface area contributed by atoms with Crippen LogP contribution in [0.15, 0.2) is 24.3 Å². The Morgan fingerprint density at radius 1 is 1.24 bits per heavy atom. The summed E-state index contributed by atoms with van der Waals surface area (Å²) >= 11 is 0. The summed E-state index contributed by atoms with van der Waals surface area (Å²) in [5.41, 5.74) is 1.52. The summed E-state index contributed by atoms with van der Waals surface area (Å²) in [6.07, 6.45) is -3.42. The second kappa shape index (κ2) is 5.82. The summed E-state index contributed by atoms with van der Waals surface area (Å²) in [5, 5.41) is 2.08. The van der Waals surface area contributed by atoms with Crippen LogP contribution >= 0.6 is 0 Å². The van der Waals surface area contributed by atoms with Gasteiger partial charge in [0.2, 0.25) is 0 Å². The van der Waals surface area contributed by atoms with E-state index in [2.05, 4.69) is 5.32 Å². The molecule has 0 saturated heterocycles. The van der Waals surface area contributed by atoms with E-state index in [4.69, 9.17) is 0 Å². The summed E-state index contributed by atoms with van der Waals surface area (Å²) < 4.78 is 35.5. The smallest absolute Gasteiger partial charge is 0.302 e. The van der Waals surface area contributed by atoms with Gasteiger partial charge >= 0.3 is 6.18 Å². The summed E-state index contributed by atoms with van der Waals surface area (Å²) in [6, 6.07) is 6.88. The largest absolute Gasteiger partial charge is 0.401 e. The topological polar surface area (TPSA) is 29.1 Å². The van der Waals surface area contributed by atoms with E-state index in [1.807, 2.05) is 6.92 Å². The molecule has 0 unspecified atom stereocenters. The molecule has 17 heavy (non-hydrogen) atoms. The van der Waals surface area contributed by atoms with E-state index in [0.29, 0.717) is 5.56 Å². The van der Waals surface area contributed by atoms with Crippen molar-refractivity contribution in [2.75, 3.05) is 13.1 Å². The van der Waals surface area contributed by atoms with Crippen LogP contribution < -0.4 is 5.32 Å². The molecule has 0 aliphatic heterocycles. The third kappa shape index (κ3) is 4.99. The third-order valence-electron chi connectivity index (χ3n) is 2.30. The van der Waals surface area contributed by atoms with Gasteiger partial charge in [0.15, 0.2) is 5.78 Å². The van der Waals surface area contributed by atoms with Crippen molar-refractivity contribution in [3.8, 4) is 0 Å². The van der Waals surface area contributed by atoms with Crippen molar-refractivity contribution in [3.05, 3.63) is 35.4 Å². The fraction of sp³-hybridized carbons (Fsp3) is 0.417. The quantitative estimate of drug-likeness (QED) is 0.808. The molecule has 94 valence electrons. The maximum absolute atomic E-state index is 11.8. The molecule has 0 bridgehead atoms. The Balaban J connectivity index is 2.47. The molecule has 0 aromatic heterocycles. The monoisotopic (exact) mass is 245 g/mol. The molecule has 0 aliphatic carbocycles. The number of halogens is 3. The van der Waals surface area contributed by atoms with Gasteiger partial charge in [-0.25, -0.2) is 0 Å². The zero-order valence-corrected chi connectivity index (χ0v) is 9.47. The van der Waals surface area contributed by atoms with Crippen LogP contribution in [0.2, 0.25) is 0 Å². The number of rotatable bonds is 5. The fourth-order valence-corrected chi connectivity index (χ4v) is 1.35. The SMILES string of the molecule is CCc1ccc(C(=O)CNCC(F)(F)F)cc1. The first-order valence-corrected chi connectivity index (χ1v) is 5.32. The van der Waals surface area contributed by atoms with Crippen LogP contribution in [0.25, 0.3) is 0 Å². The first-order chi connectivity index (χ1) is 7.92. The van der Waals surface area contributed by atoms with Crippen molar-refractivity contribution < 1.29 is 18.0 Å². The number of hydrogen-bond donors (Lipinski definition) is 1. The third-order valence-corrected chi connectivity index (χ3v) is 2.30. The van der Waals surface area contributed by atoms with E-state index in [1.165, 1.54) is 0 Å². The van der Waals surface area contributed by atoms with E-state index in [9.17, 15) is 18.0 Å². The molecule has 0 heterocycles. The molecule has 0 fully saturated rings. The van der Waals surface area contributed by atoms with Crippen molar-refractivity contribution in [2.24, 2.45) is 0 Å². The number of alkyl halides is 3. The van der Waals surface area contributed by atoms with Gasteiger partial charge < -0.3 is 5.32 Å². The number of carbonyl (C=O) groups excluding carboxylic acids is 1. The molecular weight excluding hydrogens is 231 g/mol. The highest BCUT2D eigenvalue weighted by Gasteiger charge is 2.26. The summed E-state index contributed by atoms with van der Waals surface area (Å²) in [6.45, 7) is 0.540. The van der Waals surface area contributed by atoms with Crippen LogP contribution in [0.5, 0.6) is 0 Å². The van der Waals surface area contributed by atoms with Crippen molar-refractivity contribution >= 4 is 5.78 Å². The zero-order valence-electron chi connectivity index (χ0n) is 9.47. The minimum atomic E-state index is -4.29. The van der Waals surface area contributed by atoms with Crippen LogP contribution in [0.4, 0.5) is 13.2 Å². The van der Waals surface area contributed by atoms with Crippen molar-refractivity contribution in [1.29, 1.82) is 0 Å². The Morgan fingerprint density at radius 3 is 2.29 bits per heavy atom. The molecule has 2 nitrogen and oxygen atoms in total. The van der Waals surface area contributed by atoms with E-state index in [0.717, 1.165) is 12.0 Å².